The Labute approximate surface area is 107 Å². The number of rotatable bonds is 3. The van der Waals surface area contributed by atoms with Crippen LogP contribution in [0.3, 0.4) is 0 Å². The molecule has 0 aliphatic heterocycles. The summed E-state index contributed by atoms with van der Waals surface area (Å²) < 4.78 is 5.24. The summed E-state index contributed by atoms with van der Waals surface area (Å²) in [4.78, 5) is 11.8. The molecule has 2 nitrogen and oxygen atoms in total. The largest absolute Gasteiger partial charge is 0.423 e. The molecule has 0 aliphatic rings. The number of benzene rings is 2. The van der Waals surface area contributed by atoms with Crippen LogP contribution in [0.1, 0.15) is 12.5 Å². The van der Waals surface area contributed by atoms with Gasteiger partial charge in [0.15, 0.2) is 0 Å². The molecule has 2 heteroatoms. The van der Waals surface area contributed by atoms with Crippen LogP contribution in [0.2, 0.25) is 0 Å². The molecule has 2 aromatic rings. The molecule has 0 fully saturated rings. The number of para-hydroxylation sites is 1. The van der Waals surface area contributed by atoms with E-state index in [0.717, 1.165) is 5.56 Å². The van der Waals surface area contributed by atoms with Crippen molar-refractivity contribution in [2.45, 2.75) is 6.92 Å². The molecule has 90 valence electrons. The van der Waals surface area contributed by atoms with Gasteiger partial charge in [0, 0.05) is 5.57 Å². The molecule has 0 saturated heterocycles. The van der Waals surface area contributed by atoms with Crippen molar-refractivity contribution >= 4 is 12.0 Å². The predicted molar refractivity (Wildman–Crippen MR) is 72.2 cm³/mol. The van der Waals surface area contributed by atoms with E-state index in [1.54, 1.807) is 19.1 Å². The van der Waals surface area contributed by atoms with Crippen LogP contribution in [0.5, 0.6) is 5.75 Å². The molecule has 0 aliphatic carbocycles. The minimum absolute atomic E-state index is 0.329. The first-order valence-electron chi connectivity index (χ1n) is 5.76. The van der Waals surface area contributed by atoms with E-state index in [4.69, 9.17) is 4.74 Å². The summed E-state index contributed by atoms with van der Waals surface area (Å²) in [6.45, 7) is 1.75. The maximum atomic E-state index is 11.8. The monoisotopic (exact) mass is 238 g/mol. The third kappa shape index (κ3) is 3.32. The minimum Gasteiger partial charge on any atom is -0.423 e. The van der Waals surface area contributed by atoms with Crippen molar-refractivity contribution in [2.24, 2.45) is 0 Å². The molecule has 0 aromatic heterocycles. The Morgan fingerprint density at radius 3 is 2.11 bits per heavy atom. The van der Waals surface area contributed by atoms with Crippen LogP contribution >= 0.6 is 0 Å². The van der Waals surface area contributed by atoms with E-state index in [1.807, 2.05) is 54.6 Å². The molecule has 0 heterocycles. The Bertz CT molecular complexity index is 542. The standard InChI is InChI=1S/C16H14O2/c1-13(12-14-8-4-2-5-9-14)16(17)18-15-10-6-3-7-11-15/h2-12H,1H3/b13-12+. The summed E-state index contributed by atoms with van der Waals surface area (Å²) in [7, 11) is 0. The highest BCUT2D eigenvalue weighted by Gasteiger charge is 2.06. The molecule has 0 unspecified atom stereocenters. The molecule has 18 heavy (non-hydrogen) atoms. The molecule has 0 N–H and O–H groups in total. The summed E-state index contributed by atoms with van der Waals surface area (Å²) in [6, 6.07) is 18.7. The van der Waals surface area contributed by atoms with Gasteiger partial charge in [0.05, 0.1) is 0 Å². The first-order chi connectivity index (χ1) is 8.75. The van der Waals surface area contributed by atoms with Crippen LogP contribution in [0, 0.1) is 0 Å². The zero-order valence-corrected chi connectivity index (χ0v) is 10.2. The van der Waals surface area contributed by atoms with Gasteiger partial charge >= 0.3 is 5.97 Å². The van der Waals surface area contributed by atoms with Gasteiger partial charge in [0.2, 0.25) is 0 Å². The van der Waals surface area contributed by atoms with Gasteiger partial charge < -0.3 is 4.74 Å². The molecule has 0 bridgehead atoms. The van der Waals surface area contributed by atoms with Crippen molar-refractivity contribution in [2.75, 3.05) is 0 Å². The molecule has 0 saturated carbocycles. The van der Waals surface area contributed by atoms with Crippen LogP contribution in [0.4, 0.5) is 0 Å². The lowest BCUT2D eigenvalue weighted by Gasteiger charge is -2.04. The Morgan fingerprint density at radius 2 is 1.50 bits per heavy atom. The molecule has 0 radical (unpaired) electrons. The van der Waals surface area contributed by atoms with E-state index in [2.05, 4.69) is 0 Å². The highest BCUT2D eigenvalue weighted by molar-refractivity contribution is 5.94. The average Bonchev–Trinajstić information content (AvgIpc) is 2.41. The second-order valence-corrected chi connectivity index (χ2v) is 3.94. The third-order valence-corrected chi connectivity index (χ3v) is 2.46. The van der Waals surface area contributed by atoms with Crippen molar-refractivity contribution in [1.82, 2.24) is 0 Å². The molecule has 0 atom stereocenters. The summed E-state index contributed by atoms with van der Waals surface area (Å²) in [5.41, 5.74) is 1.56. The second-order valence-electron chi connectivity index (χ2n) is 3.94. The zero-order chi connectivity index (χ0) is 12.8. The normalized spacial score (nSPS) is 11.1. The van der Waals surface area contributed by atoms with Gasteiger partial charge in [-0.15, -0.1) is 0 Å². The van der Waals surface area contributed by atoms with E-state index in [0.29, 0.717) is 11.3 Å². The fraction of sp³-hybridized carbons (Fsp3) is 0.0625. The number of carbonyl (C=O) groups is 1. The highest BCUT2D eigenvalue weighted by atomic mass is 16.5. The Balaban J connectivity index is 2.08. The van der Waals surface area contributed by atoms with Crippen molar-refractivity contribution < 1.29 is 9.53 Å². The number of hydrogen-bond acceptors (Lipinski definition) is 2. The topological polar surface area (TPSA) is 26.3 Å². The van der Waals surface area contributed by atoms with Crippen LogP contribution in [-0.4, -0.2) is 5.97 Å². The van der Waals surface area contributed by atoms with Crippen LogP contribution in [0.25, 0.3) is 6.08 Å². The van der Waals surface area contributed by atoms with Gasteiger partial charge in [0.25, 0.3) is 0 Å². The molecule has 0 spiro atoms. The van der Waals surface area contributed by atoms with Crippen LogP contribution < -0.4 is 4.74 Å². The zero-order valence-electron chi connectivity index (χ0n) is 10.2. The molecule has 2 rings (SSSR count). The second kappa shape index (κ2) is 5.82. The van der Waals surface area contributed by atoms with Gasteiger partial charge in [-0.25, -0.2) is 4.79 Å². The number of carbonyl (C=O) groups excluding carboxylic acids is 1. The lowest BCUT2D eigenvalue weighted by atomic mass is 10.1. The van der Waals surface area contributed by atoms with E-state index in [1.165, 1.54) is 0 Å². The fourth-order valence-corrected chi connectivity index (χ4v) is 1.53. The van der Waals surface area contributed by atoms with Gasteiger partial charge in [-0.3, -0.25) is 0 Å². The number of esters is 1. The average molecular weight is 238 g/mol. The first-order valence-corrected chi connectivity index (χ1v) is 5.76. The maximum absolute atomic E-state index is 11.8. The summed E-state index contributed by atoms with van der Waals surface area (Å²) in [6.07, 6.45) is 1.81. The highest BCUT2D eigenvalue weighted by Crippen LogP contribution is 2.12. The quantitative estimate of drug-likeness (QED) is 0.463. The van der Waals surface area contributed by atoms with E-state index < -0.39 is 0 Å². The van der Waals surface area contributed by atoms with E-state index in [-0.39, 0.29) is 5.97 Å². The SMILES string of the molecule is C/C(=C\c1ccccc1)C(=O)Oc1ccccc1. The maximum Gasteiger partial charge on any atom is 0.339 e. The van der Waals surface area contributed by atoms with Crippen molar-refractivity contribution in [3.63, 3.8) is 0 Å². The first kappa shape index (κ1) is 12.1. The number of ether oxygens (including phenoxy) is 1. The lowest BCUT2D eigenvalue weighted by molar-refractivity contribution is -0.130. The predicted octanol–water partition coefficient (Wildman–Crippen LogP) is 3.70. The summed E-state index contributed by atoms with van der Waals surface area (Å²) >= 11 is 0. The van der Waals surface area contributed by atoms with Gasteiger partial charge in [0.1, 0.15) is 5.75 Å². The molecule has 0 amide bonds. The van der Waals surface area contributed by atoms with Crippen molar-refractivity contribution in [3.8, 4) is 5.75 Å². The third-order valence-electron chi connectivity index (χ3n) is 2.46. The lowest BCUT2D eigenvalue weighted by Crippen LogP contribution is -2.08. The Kier molecular flexibility index (Phi) is 3.92. The van der Waals surface area contributed by atoms with Crippen molar-refractivity contribution in [3.05, 3.63) is 71.8 Å². The van der Waals surface area contributed by atoms with Crippen molar-refractivity contribution in [1.29, 1.82) is 0 Å². The summed E-state index contributed by atoms with van der Waals surface area (Å²) in [5.74, 6) is 0.230. The van der Waals surface area contributed by atoms with Crippen LogP contribution in [0.15, 0.2) is 66.2 Å². The molecular formula is C16H14O2. The smallest absolute Gasteiger partial charge is 0.339 e. The van der Waals surface area contributed by atoms with Crippen LogP contribution in [-0.2, 0) is 4.79 Å². The Hall–Kier alpha value is -2.35. The molecular weight excluding hydrogens is 224 g/mol. The summed E-state index contributed by atoms with van der Waals surface area (Å²) in [5, 5.41) is 0. The number of hydrogen-bond donors (Lipinski definition) is 0. The van der Waals surface area contributed by atoms with Gasteiger partial charge in [-0.05, 0) is 30.7 Å². The van der Waals surface area contributed by atoms with Gasteiger partial charge in [-0.1, -0.05) is 48.5 Å². The van der Waals surface area contributed by atoms with E-state index >= 15 is 0 Å². The minimum atomic E-state index is -0.329. The Morgan fingerprint density at radius 1 is 0.944 bits per heavy atom. The van der Waals surface area contributed by atoms with Gasteiger partial charge in [-0.2, -0.15) is 0 Å². The van der Waals surface area contributed by atoms with E-state index in [9.17, 15) is 4.79 Å². The fourth-order valence-electron chi connectivity index (χ4n) is 1.53. The molecule has 2 aromatic carbocycles.